The molecule has 5 rings (SSSR count). The number of ether oxygens (including phenoxy) is 1. The normalized spacial score (nSPS) is 25.1. The van der Waals surface area contributed by atoms with Gasteiger partial charge in [-0.1, -0.05) is 41.9 Å². The van der Waals surface area contributed by atoms with Crippen LogP contribution in [0.15, 0.2) is 53.4 Å². The largest absolute Gasteiger partial charge is 0.484 e. The summed E-state index contributed by atoms with van der Waals surface area (Å²) in [6.07, 6.45) is -3.30. The summed E-state index contributed by atoms with van der Waals surface area (Å²) in [6.45, 7) is -1.83. The second kappa shape index (κ2) is 10.3. The lowest BCUT2D eigenvalue weighted by molar-refractivity contribution is -0.153. The summed E-state index contributed by atoms with van der Waals surface area (Å²) < 4.78 is 69.4. The van der Waals surface area contributed by atoms with Crippen molar-refractivity contribution in [2.45, 2.75) is 59.5 Å². The van der Waals surface area contributed by atoms with Gasteiger partial charge in [-0.2, -0.15) is 18.4 Å². The van der Waals surface area contributed by atoms with Crippen molar-refractivity contribution in [1.82, 2.24) is 10.2 Å². The fraction of sp³-hybridized carbons (Fsp3) is 0.444. The molecule has 212 valence electrons. The van der Waals surface area contributed by atoms with Crippen molar-refractivity contribution in [2.24, 2.45) is 5.92 Å². The number of sulfone groups is 1. The molecule has 2 aromatic rings. The predicted molar refractivity (Wildman–Crippen MR) is 137 cm³/mol. The lowest BCUT2D eigenvalue weighted by Gasteiger charge is -2.25. The summed E-state index contributed by atoms with van der Waals surface area (Å²) in [6, 6.07) is 13.5. The Morgan fingerprint density at radius 1 is 1.15 bits per heavy atom. The summed E-state index contributed by atoms with van der Waals surface area (Å²) >= 11 is 6.17. The molecule has 4 unspecified atom stereocenters. The van der Waals surface area contributed by atoms with Gasteiger partial charge in [0, 0.05) is 18.5 Å². The van der Waals surface area contributed by atoms with Crippen molar-refractivity contribution in [1.29, 1.82) is 5.26 Å². The zero-order valence-corrected chi connectivity index (χ0v) is 22.6. The van der Waals surface area contributed by atoms with Crippen LogP contribution in [0.1, 0.15) is 37.2 Å². The van der Waals surface area contributed by atoms with Crippen molar-refractivity contribution in [3.05, 3.63) is 59.1 Å². The number of halogens is 4. The Morgan fingerprint density at radius 2 is 1.85 bits per heavy atom. The van der Waals surface area contributed by atoms with Crippen molar-refractivity contribution in [2.75, 3.05) is 13.2 Å². The minimum atomic E-state index is -4.58. The molecule has 0 bridgehead atoms. The number of nitrogens with zero attached hydrogens (tertiary/aromatic N) is 2. The highest BCUT2D eigenvalue weighted by atomic mass is 35.5. The van der Waals surface area contributed by atoms with Crippen molar-refractivity contribution >= 4 is 33.3 Å². The van der Waals surface area contributed by atoms with Crippen LogP contribution in [0, 0.1) is 17.2 Å². The number of hydrogen-bond acceptors (Lipinski definition) is 6. The second-order valence-corrected chi connectivity index (χ2v) is 13.1. The number of hydrogen-bond donors (Lipinski definition) is 1. The Morgan fingerprint density at radius 3 is 2.45 bits per heavy atom. The standard InChI is InChI=1S/C27H25ClF3N3O5S/c28-21-10-17(39-15-27(29,30)31)6-7-23(21)40(37,38)18-11-22(24(35)33-26(14-32)8-9-26)34(13-18)25(36)20-12-19(20)16-4-2-1-3-5-16/h1-7,10,18-20,22H,8-9,11-13,15H2,(H,33,35). The monoisotopic (exact) mass is 595 g/mol. The molecule has 0 aromatic heterocycles. The van der Waals surface area contributed by atoms with Crippen LogP contribution >= 0.6 is 11.6 Å². The molecule has 4 atom stereocenters. The van der Waals surface area contributed by atoms with Gasteiger partial charge in [0.25, 0.3) is 0 Å². The maximum Gasteiger partial charge on any atom is 0.422 e. The molecule has 2 saturated carbocycles. The summed E-state index contributed by atoms with van der Waals surface area (Å²) in [4.78, 5) is 27.8. The predicted octanol–water partition coefficient (Wildman–Crippen LogP) is 4.00. The SMILES string of the molecule is N#CC1(NC(=O)C2CC(S(=O)(=O)c3ccc(OCC(F)(F)F)cc3Cl)CN2C(=O)C2CC2c2ccccc2)CC1. The topological polar surface area (TPSA) is 117 Å². The number of carbonyl (C=O) groups is 2. The number of nitriles is 1. The molecule has 2 amide bonds. The average molecular weight is 596 g/mol. The zero-order chi connectivity index (χ0) is 28.9. The number of benzene rings is 2. The lowest BCUT2D eigenvalue weighted by atomic mass is 10.1. The third kappa shape index (κ3) is 5.76. The highest BCUT2D eigenvalue weighted by molar-refractivity contribution is 7.92. The number of rotatable bonds is 8. The fourth-order valence-corrected chi connectivity index (χ4v) is 7.35. The van der Waals surface area contributed by atoms with Gasteiger partial charge in [-0.25, -0.2) is 8.42 Å². The number of nitrogens with one attached hydrogen (secondary N) is 1. The first kappa shape index (κ1) is 28.2. The lowest BCUT2D eigenvalue weighted by Crippen LogP contribution is -2.49. The van der Waals surface area contributed by atoms with E-state index in [1.807, 2.05) is 30.3 Å². The number of alkyl halides is 3. The molecule has 0 radical (unpaired) electrons. The molecule has 0 spiro atoms. The minimum absolute atomic E-state index is 0.0411. The first-order valence-electron chi connectivity index (χ1n) is 12.7. The van der Waals surface area contributed by atoms with Crippen LogP contribution in [0.4, 0.5) is 13.2 Å². The maximum atomic E-state index is 13.6. The van der Waals surface area contributed by atoms with E-state index in [2.05, 4.69) is 16.1 Å². The van der Waals surface area contributed by atoms with Crippen molar-refractivity contribution in [3.63, 3.8) is 0 Å². The third-order valence-electron chi connectivity index (χ3n) is 7.56. The van der Waals surface area contributed by atoms with Crippen molar-refractivity contribution in [3.8, 4) is 11.8 Å². The highest BCUT2D eigenvalue weighted by Crippen LogP contribution is 2.49. The Balaban J connectivity index is 1.37. The van der Waals surface area contributed by atoms with E-state index < -0.39 is 51.3 Å². The van der Waals surface area contributed by atoms with Crippen LogP contribution in [0.3, 0.4) is 0 Å². The van der Waals surface area contributed by atoms with Gasteiger partial charge < -0.3 is 15.0 Å². The average Bonchev–Trinajstić information content (AvgIpc) is 3.83. The smallest absolute Gasteiger partial charge is 0.422 e. The molecule has 1 N–H and O–H groups in total. The molecule has 1 heterocycles. The molecule has 8 nitrogen and oxygen atoms in total. The summed E-state index contributed by atoms with van der Waals surface area (Å²) in [5.41, 5.74) is -0.0314. The first-order valence-corrected chi connectivity index (χ1v) is 14.6. The summed E-state index contributed by atoms with van der Waals surface area (Å²) in [5, 5.41) is 10.6. The van der Waals surface area contributed by atoms with E-state index >= 15 is 0 Å². The summed E-state index contributed by atoms with van der Waals surface area (Å²) in [7, 11) is -4.22. The van der Waals surface area contributed by atoms with E-state index in [0.29, 0.717) is 19.3 Å². The van der Waals surface area contributed by atoms with E-state index in [4.69, 9.17) is 11.6 Å². The van der Waals surface area contributed by atoms with Gasteiger partial charge in [-0.05, 0) is 49.3 Å². The Kier molecular flexibility index (Phi) is 7.25. The van der Waals surface area contributed by atoms with E-state index in [1.165, 1.54) is 4.90 Å². The molecule has 2 aliphatic carbocycles. The van der Waals surface area contributed by atoms with Gasteiger partial charge in [-0.3, -0.25) is 9.59 Å². The van der Waals surface area contributed by atoms with Gasteiger partial charge in [0.1, 0.15) is 17.3 Å². The Labute approximate surface area is 234 Å². The van der Waals surface area contributed by atoms with Crippen molar-refractivity contribution < 1.29 is 35.9 Å². The Hall–Kier alpha value is -3.30. The van der Waals surface area contributed by atoms with Gasteiger partial charge in [0.2, 0.25) is 11.8 Å². The first-order chi connectivity index (χ1) is 18.8. The molecular weight excluding hydrogens is 571 g/mol. The van der Waals surface area contributed by atoms with Crippen LogP contribution in [0.5, 0.6) is 5.75 Å². The number of carbonyl (C=O) groups excluding carboxylic acids is 2. The third-order valence-corrected chi connectivity index (χ3v) is 10.2. The van der Waals surface area contributed by atoms with E-state index in [9.17, 15) is 36.4 Å². The molecule has 40 heavy (non-hydrogen) atoms. The Bertz CT molecular complexity index is 1470. The highest BCUT2D eigenvalue weighted by Gasteiger charge is 2.54. The van der Waals surface area contributed by atoms with Gasteiger partial charge in [0.05, 0.1) is 21.2 Å². The molecule has 2 aromatic carbocycles. The molecule has 1 saturated heterocycles. The van der Waals surface area contributed by atoms with Crippen LogP contribution in [0.2, 0.25) is 5.02 Å². The van der Waals surface area contributed by atoms with Crippen LogP contribution in [-0.2, 0) is 19.4 Å². The fourth-order valence-electron chi connectivity index (χ4n) is 5.12. The second-order valence-electron chi connectivity index (χ2n) is 10.4. The molecule has 13 heteroatoms. The molecular formula is C27H25ClF3N3O5S. The van der Waals surface area contributed by atoms with Crippen LogP contribution in [0.25, 0.3) is 0 Å². The zero-order valence-electron chi connectivity index (χ0n) is 21.0. The summed E-state index contributed by atoms with van der Waals surface area (Å²) in [5.74, 6) is -1.63. The van der Waals surface area contributed by atoms with E-state index in [0.717, 1.165) is 23.8 Å². The van der Waals surface area contributed by atoms with Gasteiger partial charge >= 0.3 is 6.18 Å². The number of likely N-dealkylation sites (tertiary alicyclic amines) is 1. The van der Waals surface area contributed by atoms with Crippen LogP contribution in [-0.4, -0.2) is 61.3 Å². The van der Waals surface area contributed by atoms with E-state index in [1.54, 1.807) is 0 Å². The molecule has 1 aliphatic heterocycles. The van der Waals surface area contributed by atoms with E-state index in [-0.39, 0.29) is 40.5 Å². The van der Waals surface area contributed by atoms with Gasteiger partial charge in [-0.15, -0.1) is 0 Å². The minimum Gasteiger partial charge on any atom is -0.484 e. The maximum absolute atomic E-state index is 13.6. The quantitative estimate of drug-likeness (QED) is 0.493. The molecule has 3 fully saturated rings. The van der Waals surface area contributed by atoms with Gasteiger partial charge in [0.15, 0.2) is 16.4 Å². The number of amides is 2. The molecule has 3 aliphatic rings. The van der Waals surface area contributed by atoms with Crippen LogP contribution < -0.4 is 10.1 Å².